The third-order valence-corrected chi connectivity index (χ3v) is 3.45. The van der Waals surface area contributed by atoms with Crippen molar-refractivity contribution in [1.82, 2.24) is 29.8 Å². The molecule has 9 heteroatoms. The smallest absolute Gasteiger partial charge is 0.322 e. The second-order valence-electron chi connectivity index (χ2n) is 5.87. The molecule has 0 radical (unpaired) electrons. The van der Waals surface area contributed by atoms with Crippen molar-refractivity contribution < 1.29 is 9.21 Å². The van der Waals surface area contributed by atoms with Crippen molar-refractivity contribution >= 4 is 11.9 Å². The van der Waals surface area contributed by atoms with Gasteiger partial charge in [0.05, 0.1) is 11.4 Å². The van der Waals surface area contributed by atoms with Gasteiger partial charge in [-0.25, -0.2) is 0 Å². The summed E-state index contributed by atoms with van der Waals surface area (Å²) < 4.78 is 8.82. The highest BCUT2D eigenvalue weighted by Gasteiger charge is 2.19. The molecule has 1 amide bonds. The zero-order valence-electron chi connectivity index (χ0n) is 14.2. The first-order valence-electron chi connectivity index (χ1n) is 7.57. The summed E-state index contributed by atoms with van der Waals surface area (Å²) in [7, 11) is 1.79. The molecular formula is C15H19N7O2. The van der Waals surface area contributed by atoms with Crippen LogP contribution in [0, 0.1) is 13.8 Å². The Morgan fingerprint density at radius 3 is 2.50 bits per heavy atom. The highest BCUT2D eigenvalue weighted by atomic mass is 16.4. The van der Waals surface area contributed by atoms with Crippen LogP contribution in [0.15, 0.2) is 16.5 Å². The van der Waals surface area contributed by atoms with E-state index in [2.05, 4.69) is 25.7 Å². The van der Waals surface area contributed by atoms with Crippen molar-refractivity contribution in [2.24, 2.45) is 7.05 Å². The van der Waals surface area contributed by atoms with Gasteiger partial charge in [-0.3, -0.25) is 19.5 Å². The summed E-state index contributed by atoms with van der Waals surface area (Å²) >= 11 is 0. The first kappa shape index (κ1) is 15.9. The van der Waals surface area contributed by atoms with Gasteiger partial charge < -0.3 is 4.42 Å². The molecule has 0 atom stereocenters. The van der Waals surface area contributed by atoms with E-state index < -0.39 is 0 Å². The van der Waals surface area contributed by atoms with Crippen LogP contribution in [0.25, 0.3) is 11.6 Å². The second-order valence-corrected chi connectivity index (χ2v) is 5.87. The highest BCUT2D eigenvalue weighted by Crippen LogP contribution is 2.21. The normalized spacial score (nSPS) is 11.2. The van der Waals surface area contributed by atoms with E-state index in [1.165, 1.54) is 0 Å². The largest absolute Gasteiger partial charge is 0.401 e. The summed E-state index contributed by atoms with van der Waals surface area (Å²) in [5.41, 5.74) is 2.74. The Labute approximate surface area is 138 Å². The summed E-state index contributed by atoms with van der Waals surface area (Å²) in [5.74, 6) is -0.0531. The van der Waals surface area contributed by atoms with Crippen molar-refractivity contribution in [3.05, 3.63) is 29.2 Å². The maximum Gasteiger partial charge on any atom is 0.322 e. The fourth-order valence-corrected chi connectivity index (χ4v) is 2.43. The number of hydrogen-bond acceptors (Lipinski definition) is 6. The molecule has 3 aromatic heterocycles. The third kappa shape index (κ3) is 2.92. The number of rotatable bonds is 4. The second kappa shape index (κ2) is 5.91. The highest BCUT2D eigenvalue weighted by molar-refractivity contribution is 6.02. The number of amides is 1. The van der Waals surface area contributed by atoms with E-state index >= 15 is 0 Å². The number of hydrogen-bond donors (Lipinski definition) is 1. The molecule has 3 heterocycles. The van der Waals surface area contributed by atoms with Crippen molar-refractivity contribution in [2.75, 3.05) is 5.32 Å². The van der Waals surface area contributed by atoms with Crippen LogP contribution in [0.2, 0.25) is 0 Å². The minimum atomic E-state index is -0.347. The molecule has 24 heavy (non-hydrogen) atoms. The standard InChI is InChI=1S/C15H19N7O2/c1-8(2)22-11(6-10(4)20-22)13(23)16-15-18-17-14(24-15)12-7-9(3)19-21(12)5/h6-8H,1-5H3,(H,16,18,23). The molecule has 0 saturated carbocycles. The van der Waals surface area contributed by atoms with Crippen LogP contribution in [0.1, 0.15) is 41.8 Å². The Hall–Kier alpha value is -2.97. The van der Waals surface area contributed by atoms with E-state index in [1.54, 1.807) is 22.5 Å². The van der Waals surface area contributed by atoms with Gasteiger partial charge in [0, 0.05) is 13.1 Å². The summed E-state index contributed by atoms with van der Waals surface area (Å²) in [5, 5.41) is 19.0. The number of carbonyl (C=O) groups excluding carboxylic acids is 1. The van der Waals surface area contributed by atoms with Crippen LogP contribution in [-0.4, -0.2) is 35.7 Å². The Morgan fingerprint density at radius 2 is 1.88 bits per heavy atom. The first-order valence-corrected chi connectivity index (χ1v) is 7.57. The van der Waals surface area contributed by atoms with Gasteiger partial charge in [0.15, 0.2) is 0 Å². The minimum Gasteiger partial charge on any atom is -0.401 e. The Morgan fingerprint density at radius 1 is 1.17 bits per heavy atom. The molecule has 0 saturated heterocycles. The molecule has 3 rings (SSSR count). The molecule has 0 aliphatic rings. The third-order valence-electron chi connectivity index (χ3n) is 3.45. The molecule has 126 valence electrons. The summed E-state index contributed by atoms with van der Waals surface area (Å²) in [6, 6.07) is 3.64. The number of carbonyl (C=O) groups is 1. The molecular weight excluding hydrogens is 310 g/mol. The lowest BCUT2D eigenvalue weighted by molar-refractivity contribution is 0.101. The number of nitrogens with zero attached hydrogens (tertiary/aromatic N) is 6. The lowest BCUT2D eigenvalue weighted by atomic mass is 10.3. The van der Waals surface area contributed by atoms with Gasteiger partial charge in [0.25, 0.3) is 11.8 Å². The van der Waals surface area contributed by atoms with Gasteiger partial charge in [-0.05, 0) is 39.8 Å². The predicted octanol–water partition coefficient (Wildman–Crippen LogP) is 2.12. The van der Waals surface area contributed by atoms with Crippen LogP contribution in [0.4, 0.5) is 6.01 Å². The fourth-order valence-electron chi connectivity index (χ4n) is 2.43. The predicted molar refractivity (Wildman–Crippen MR) is 86.5 cm³/mol. The molecule has 3 aromatic rings. The van der Waals surface area contributed by atoms with Gasteiger partial charge in [-0.2, -0.15) is 10.2 Å². The lowest BCUT2D eigenvalue weighted by Gasteiger charge is -2.09. The maximum absolute atomic E-state index is 12.5. The van der Waals surface area contributed by atoms with Gasteiger partial charge in [0.1, 0.15) is 11.4 Å². The van der Waals surface area contributed by atoms with Gasteiger partial charge in [-0.1, -0.05) is 5.10 Å². The number of nitrogens with one attached hydrogen (secondary N) is 1. The van der Waals surface area contributed by atoms with Gasteiger partial charge in [-0.15, -0.1) is 5.10 Å². The zero-order valence-corrected chi connectivity index (χ0v) is 14.2. The molecule has 0 aromatic carbocycles. The van der Waals surface area contributed by atoms with Crippen molar-refractivity contribution in [3.63, 3.8) is 0 Å². The van der Waals surface area contributed by atoms with E-state index in [1.807, 2.05) is 33.8 Å². The van der Waals surface area contributed by atoms with E-state index in [9.17, 15) is 4.79 Å². The van der Waals surface area contributed by atoms with E-state index in [0.717, 1.165) is 11.4 Å². The molecule has 0 aliphatic carbocycles. The summed E-state index contributed by atoms with van der Waals surface area (Å²) in [6.07, 6.45) is 0. The Bertz CT molecular complexity index is 888. The Balaban J connectivity index is 1.82. The molecule has 0 aliphatic heterocycles. The number of anilines is 1. The monoisotopic (exact) mass is 329 g/mol. The molecule has 0 spiro atoms. The van der Waals surface area contributed by atoms with Crippen LogP contribution < -0.4 is 5.32 Å². The average molecular weight is 329 g/mol. The lowest BCUT2D eigenvalue weighted by Crippen LogP contribution is -2.19. The van der Waals surface area contributed by atoms with Crippen LogP contribution in [0.5, 0.6) is 0 Å². The quantitative estimate of drug-likeness (QED) is 0.786. The van der Waals surface area contributed by atoms with E-state index in [0.29, 0.717) is 17.3 Å². The molecule has 1 N–H and O–H groups in total. The van der Waals surface area contributed by atoms with Crippen LogP contribution in [-0.2, 0) is 7.05 Å². The molecule has 0 bridgehead atoms. The fraction of sp³-hybridized carbons (Fsp3) is 0.400. The molecule has 0 unspecified atom stereocenters. The van der Waals surface area contributed by atoms with E-state index in [-0.39, 0.29) is 18.0 Å². The van der Waals surface area contributed by atoms with Crippen molar-refractivity contribution in [3.8, 4) is 11.6 Å². The minimum absolute atomic E-state index is 0.0306. The average Bonchev–Trinajstić information content (AvgIpc) is 3.18. The molecule has 0 fully saturated rings. The summed E-state index contributed by atoms with van der Waals surface area (Å²) in [4.78, 5) is 12.5. The van der Waals surface area contributed by atoms with Crippen molar-refractivity contribution in [1.29, 1.82) is 0 Å². The van der Waals surface area contributed by atoms with E-state index in [4.69, 9.17) is 4.42 Å². The van der Waals surface area contributed by atoms with Gasteiger partial charge in [0.2, 0.25) is 0 Å². The first-order chi connectivity index (χ1) is 11.3. The maximum atomic E-state index is 12.5. The van der Waals surface area contributed by atoms with Crippen molar-refractivity contribution in [2.45, 2.75) is 33.7 Å². The SMILES string of the molecule is Cc1cc(-c2nnc(NC(=O)c3cc(C)nn3C(C)C)o2)n(C)n1. The Kier molecular flexibility index (Phi) is 3.92. The summed E-state index contributed by atoms with van der Waals surface area (Å²) in [6.45, 7) is 7.63. The number of aromatic nitrogens is 6. The van der Waals surface area contributed by atoms with Crippen LogP contribution in [0.3, 0.4) is 0 Å². The zero-order chi connectivity index (χ0) is 17.4. The number of aryl methyl sites for hydroxylation is 3. The topological polar surface area (TPSA) is 104 Å². The van der Waals surface area contributed by atoms with Crippen LogP contribution >= 0.6 is 0 Å². The molecule has 9 nitrogen and oxygen atoms in total. The van der Waals surface area contributed by atoms with Gasteiger partial charge >= 0.3 is 6.01 Å².